The number of rotatable bonds is 3. The maximum atomic E-state index is 11.2. The Morgan fingerprint density at radius 2 is 2.36 bits per heavy atom. The van der Waals surface area contributed by atoms with Gasteiger partial charge >= 0.3 is 0 Å². The second-order valence-electron chi connectivity index (χ2n) is 3.10. The Bertz CT molecular complexity index is 362. The van der Waals surface area contributed by atoms with Crippen LogP contribution >= 0.6 is 0 Å². The molecule has 1 aromatic heterocycles. The van der Waals surface area contributed by atoms with E-state index in [1.54, 1.807) is 7.05 Å². The Morgan fingerprint density at radius 3 is 2.86 bits per heavy atom. The van der Waals surface area contributed by atoms with E-state index in [0.29, 0.717) is 6.54 Å². The smallest absolute Gasteiger partial charge is 0.236 e. The molecule has 0 radical (unpaired) electrons. The number of hydrogen-bond acceptors (Lipinski definition) is 3. The summed E-state index contributed by atoms with van der Waals surface area (Å²) in [5.41, 5.74) is 0. The van der Waals surface area contributed by atoms with Gasteiger partial charge in [0.1, 0.15) is 17.9 Å². The highest BCUT2D eigenvalue weighted by Crippen LogP contribution is 2.08. The minimum absolute atomic E-state index is 0.0871. The van der Waals surface area contributed by atoms with Gasteiger partial charge in [-0.25, -0.2) is 0 Å². The predicted molar refractivity (Wildman–Crippen MR) is 50.1 cm³/mol. The fraction of sp³-hybridized carbons (Fsp3) is 0.400. The lowest BCUT2D eigenvalue weighted by molar-refractivity contribution is -0.129. The summed E-state index contributed by atoms with van der Waals surface area (Å²) in [6, 6.07) is 5.49. The Kier molecular flexibility index (Phi) is 3.29. The van der Waals surface area contributed by atoms with Gasteiger partial charge in [0, 0.05) is 7.05 Å². The van der Waals surface area contributed by atoms with Crippen molar-refractivity contribution in [3.8, 4) is 6.07 Å². The van der Waals surface area contributed by atoms with Gasteiger partial charge in [-0.05, 0) is 19.1 Å². The van der Waals surface area contributed by atoms with Crippen LogP contribution in [-0.2, 0) is 11.3 Å². The fourth-order valence-electron chi connectivity index (χ4n) is 1.09. The first-order valence-electron chi connectivity index (χ1n) is 4.29. The van der Waals surface area contributed by atoms with Gasteiger partial charge < -0.3 is 9.32 Å². The van der Waals surface area contributed by atoms with E-state index >= 15 is 0 Å². The zero-order chi connectivity index (χ0) is 10.6. The lowest BCUT2D eigenvalue weighted by Gasteiger charge is -2.13. The molecule has 14 heavy (non-hydrogen) atoms. The average molecular weight is 192 g/mol. The molecule has 0 aliphatic carbocycles. The van der Waals surface area contributed by atoms with Crippen LogP contribution in [0.15, 0.2) is 16.5 Å². The second-order valence-corrected chi connectivity index (χ2v) is 3.10. The third-order valence-electron chi connectivity index (χ3n) is 1.85. The van der Waals surface area contributed by atoms with E-state index in [9.17, 15) is 4.79 Å². The summed E-state index contributed by atoms with van der Waals surface area (Å²) < 4.78 is 5.31. The van der Waals surface area contributed by atoms with Crippen molar-refractivity contribution in [3.05, 3.63) is 23.7 Å². The van der Waals surface area contributed by atoms with Crippen molar-refractivity contribution in [2.75, 3.05) is 7.05 Å². The summed E-state index contributed by atoms with van der Waals surface area (Å²) in [6.45, 7) is 2.26. The van der Waals surface area contributed by atoms with Crippen LogP contribution < -0.4 is 0 Å². The third-order valence-corrected chi connectivity index (χ3v) is 1.85. The summed E-state index contributed by atoms with van der Waals surface area (Å²) in [4.78, 5) is 12.7. The molecule has 74 valence electrons. The number of carbonyl (C=O) groups is 1. The lowest BCUT2D eigenvalue weighted by atomic mass is 10.3. The minimum Gasteiger partial charge on any atom is -0.464 e. The second kappa shape index (κ2) is 4.47. The highest BCUT2D eigenvalue weighted by atomic mass is 16.3. The van der Waals surface area contributed by atoms with E-state index < -0.39 is 0 Å². The van der Waals surface area contributed by atoms with E-state index in [0.717, 1.165) is 11.5 Å². The van der Waals surface area contributed by atoms with E-state index in [1.807, 2.05) is 25.1 Å². The molecule has 1 rings (SSSR count). The van der Waals surface area contributed by atoms with Crippen molar-refractivity contribution >= 4 is 5.91 Å². The Morgan fingerprint density at radius 1 is 1.64 bits per heavy atom. The van der Waals surface area contributed by atoms with Crippen LogP contribution in [0.4, 0.5) is 0 Å². The fourth-order valence-corrected chi connectivity index (χ4v) is 1.09. The van der Waals surface area contributed by atoms with Crippen molar-refractivity contribution in [1.29, 1.82) is 5.26 Å². The zero-order valence-corrected chi connectivity index (χ0v) is 8.28. The van der Waals surface area contributed by atoms with Gasteiger partial charge in [-0.1, -0.05) is 0 Å². The van der Waals surface area contributed by atoms with Gasteiger partial charge in [0.05, 0.1) is 12.6 Å². The SMILES string of the molecule is Cc1ccc(CN(C)C(=O)CC#N)o1. The molecule has 4 heteroatoms. The summed E-state index contributed by atoms with van der Waals surface area (Å²) in [5.74, 6) is 1.36. The Hall–Kier alpha value is -1.76. The summed E-state index contributed by atoms with van der Waals surface area (Å²) in [7, 11) is 1.65. The largest absolute Gasteiger partial charge is 0.464 e. The molecule has 0 unspecified atom stereocenters. The average Bonchev–Trinajstić information content (AvgIpc) is 2.51. The molecule has 1 heterocycles. The summed E-state index contributed by atoms with van der Waals surface area (Å²) in [5, 5.41) is 8.33. The molecule has 0 N–H and O–H groups in total. The van der Waals surface area contributed by atoms with Crippen LogP contribution in [0.3, 0.4) is 0 Å². The number of hydrogen-bond donors (Lipinski definition) is 0. The molecule has 0 spiro atoms. The number of furan rings is 1. The quantitative estimate of drug-likeness (QED) is 0.728. The van der Waals surface area contributed by atoms with Gasteiger partial charge in [-0.15, -0.1) is 0 Å². The van der Waals surface area contributed by atoms with Crippen molar-refractivity contribution < 1.29 is 9.21 Å². The van der Waals surface area contributed by atoms with Gasteiger partial charge in [0.25, 0.3) is 0 Å². The van der Waals surface area contributed by atoms with Crippen LogP contribution in [0.2, 0.25) is 0 Å². The number of nitriles is 1. The number of aryl methyl sites for hydroxylation is 1. The maximum absolute atomic E-state index is 11.2. The molecule has 0 bridgehead atoms. The van der Waals surface area contributed by atoms with Gasteiger partial charge in [-0.2, -0.15) is 5.26 Å². The van der Waals surface area contributed by atoms with Crippen molar-refractivity contribution in [3.63, 3.8) is 0 Å². The molecular weight excluding hydrogens is 180 g/mol. The van der Waals surface area contributed by atoms with Crippen LogP contribution in [0, 0.1) is 18.3 Å². The van der Waals surface area contributed by atoms with Crippen LogP contribution in [-0.4, -0.2) is 17.9 Å². The van der Waals surface area contributed by atoms with E-state index in [4.69, 9.17) is 9.68 Å². The van der Waals surface area contributed by atoms with Crippen molar-refractivity contribution in [1.82, 2.24) is 4.90 Å². The molecule has 1 amide bonds. The van der Waals surface area contributed by atoms with Crippen LogP contribution in [0.25, 0.3) is 0 Å². The molecule has 0 aliphatic rings. The Labute approximate surface area is 82.7 Å². The first kappa shape index (κ1) is 10.3. The lowest BCUT2D eigenvalue weighted by Crippen LogP contribution is -2.25. The summed E-state index contributed by atoms with van der Waals surface area (Å²) >= 11 is 0. The first-order valence-corrected chi connectivity index (χ1v) is 4.29. The number of amides is 1. The zero-order valence-electron chi connectivity index (χ0n) is 8.28. The van der Waals surface area contributed by atoms with Gasteiger partial charge in [-0.3, -0.25) is 4.79 Å². The van der Waals surface area contributed by atoms with E-state index in [-0.39, 0.29) is 12.3 Å². The monoisotopic (exact) mass is 192 g/mol. The normalized spacial score (nSPS) is 9.50. The third kappa shape index (κ3) is 2.63. The summed E-state index contributed by atoms with van der Waals surface area (Å²) in [6.07, 6.45) is -0.0871. The Balaban J connectivity index is 2.53. The minimum atomic E-state index is -0.193. The van der Waals surface area contributed by atoms with E-state index in [2.05, 4.69) is 0 Å². The predicted octanol–water partition coefficient (Wildman–Crippen LogP) is 1.46. The first-order chi connectivity index (χ1) is 6.63. The molecule has 0 aromatic carbocycles. The molecule has 0 aliphatic heterocycles. The molecular formula is C10H12N2O2. The van der Waals surface area contributed by atoms with Crippen molar-refractivity contribution in [2.24, 2.45) is 0 Å². The number of carbonyl (C=O) groups excluding carboxylic acids is 1. The van der Waals surface area contributed by atoms with Gasteiger partial charge in [0.15, 0.2) is 0 Å². The molecule has 0 saturated heterocycles. The van der Waals surface area contributed by atoms with E-state index in [1.165, 1.54) is 4.90 Å². The molecule has 0 fully saturated rings. The van der Waals surface area contributed by atoms with Crippen molar-refractivity contribution in [2.45, 2.75) is 19.9 Å². The molecule has 1 aromatic rings. The van der Waals surface area contributed by atoms with Crippen LogP contribution in [0.1, 0.15) is 17.9 Å². The van der Waals surface area contributed by atoms with Crippen LogP contribution in [0.5, 0.6) is 0 Å². The molecule has 0 atom stereocenters. The highest BCUT2D eigenvalue weighted by Gasteiger charge is 2.09. The maximum Gasteiger partial charge on any atom is 0.236 e. The molecule has 4 nitrogen and oxygen atoms in total. The number of nitrogens with zero attached hydrogens (tertiary/aromatic N) is 2. The topological polar surface area (TPSA) is 57.2 Å². The molecule has 0 saturated carbocycles. The van der Waals surface area contributed by atoms with Gasteiger partial charge in [0.2, 0.25) is 5.91 Å². The standard InChI is InChI=1S/C10H12N2O2/c1-8-3-4-9(14-8)7-12(2)10(13)5-6-11/h3-4H,5,7H2,1-2H3. The highest BCUT2D eigenvalue weighted by molar-refractivity contribution is 5.77.